The first-order chi connectivity index (χ1) is 18.9. The van der Waals surface area contributed by atoms with Gasteiger partial charge in [-0.2, -0.15) is 0 Å². The highest BCUT2D eigenvalue weighted by Gasteiger charge is 2.36. The molecule has 0 unspecified atom stereocenters. The van der Waals surface area contributed by atoms with Crippen LogP contribution in [-0.2, 0) is 24.1 Å². The Morgan fingerprint density at radius 3 is 2.44 bits per heavy atom. The van der Waals surface area contributed by atoms with Crippen LogP contribution < -0.4 is 10.2 Å². The Labute approximate surface area is 232 Å². The number of hydrogen-bond acceptors (Lipinski definition) is 5. The molecule has 0 spiro atoms. The lowest BCUT2D eigenvalue weighted by Crippen LogP contribution is -2.38. The van der Waals surface area contributed by atoms with Gasteiger partial charge in [0.2, 0.25) is 0 Å². The summed E-state index contributed by atoms with van der Waals surface area (Å²) in [5.41, 5.74) is 6.98. The van der Waals surface area contributed by atoms with E-state index < -0.39 is 5.97 Å². The predicted molar refractivity (Wildman–Crippen MR) is 155 cm³/mol. The van der Waals surface area contributed by atoms with Crippen molar-refractivity contribution < 1.29 is 14.3 Å². The van der Waals surface area contributed by atoms with Crippen molar-refractivity contribution >= 4 is 34.7 Å². The second-order valence-corrected chi connectivity index (χ2v) is 11.4. The predicted octanol–water partition coefficient (Wildman–Crippen LogP) is 6.41. The van der Waals surface area contributed by atoms with E-state index in [1.165, 1.54) is 41.0 Å². The third kappa shape index (κ3) is 4.59. The number of carbonyl (C=O) groups is 2. The number of thiophene rings is 1. The molecule has 2 aliphatic rings. The molecule has 39 heavy (non-hydrogen) atoms. The van der Waals surface area contributed by atoms with Gasteiger partial charge in [-0.3, -0.25) is 0 Å². The Morgan fingerprint density at radius 1 is 0.974 bits per heavy atom. The molecule has 6 rings (SSSR count). The van der Waals surface area contributed by atoms with E-state index in [4.69, 9.17) is 4.74 Å². The largest absolute Gasteiger partial charge is 0.465 e. The number of hydrogen-bond donors (Lipinski definition) is 1. The van der Waals surface area contributed by atoms with E-state index in [1.54, 1.807) is 24.3 Å². The third-order valence-corrected chi connectivity index (χ3v) is 9.06. The number of methoxy groups -OCH3 is 1. The topological polar surface area (TPSA) is 66.8 Å². The maximum atomic E-state index is 14.1. The van der Waals surface area contributed by atoms with Crippen molar-refractivity contribution in [2.75, 3.05) is 31.4 Å². The van der Waals surface area contributed by atoms with Gasteiger partial charge in [0.1, 0.15) is 5.00 Å². The van der Waals surface area contributed by atoms with Gasteiger partial charge in [-0.1, -0.05) is 12.1 Å². The maximum Gasteiger partial charge on any atom is 0.337 e. The average molecular weight is 541 g/mol. The summed E-state index contributed by atoms with van der Waals surface area (Å²) in [5, 5.41) is 4.33. The molecule has 1 atom stereocenters. The number of amides is 2. The summed E-state index contributed by atoms with van der Waals surface area (Å²) in [4.78, 5) is 31.5. The van der Waals surface area contributed by atoms with Crippen LogP contribution in [0.25, 0.3) is 5.00 Å². The van der Waals surface area contributed by atoms with Gasteiger partial charge >= 0.3 is 12.0 Å². The van der Waals surface area contributed by atoms with Crippen molar-refractivity contribution in [2.24, 2.45) is 0 Å². The fourth-order valence-corrected chi connectivity index (χ4v) is 7.10. The lowest BCUT2D eigenvalue weighted by Gasteiger charge is -2.31. The van der Waals surface area contributed by atoms with Crippen molar-refractivity contribution in [1.29, 1.82) is 0 Å². The molecule has 1 aliphatic heterocycles. The van der Waals surface area contributed by atoms with E-state index in [2.05, 4.69) is 57.4 Å². The number of fused-ring (bicyclic) bond motifs is 5. The van der Waals surface area contributed by atoms with Crippen LogP contribution in [0.2, 0.25) is 0 Å². The van der Waals surface area contributed by atoms with E-state index in [0.29, 0.717) is 17.8 Å². The first kappa shape index (κ1) is 25.2. The molecule has 200 valence electrons. The summed E-state index contributed by atoms with van der Waals surface area (Å²) in [6.07, 6.45) is 6.70. The number of aryl methyl sites for hydroxylation is 1. The van der Waals surface area contributed by atoms with Gasteiger partial charge in [0, 0.05) is 42.1 Å². The molecule has 8 heteroatoms. The molecule has 1 N–H and O–H groups in total. The smallest absolute Gasteiger partial charge is 0.337 e. The molecule has 0 radical (unpaired) electrons. The molecule has 7 nitrogen and oxygen atoms in total. The minimum Gasteiger partial charge on any atom is -0.465 e. The van der Waals surface area contributed by atoms with E-state index in [9.17, 15) is 9.59 Å². The van der Waals surface area contributed by atoms with Gasteiger partial charge in [0.05, 0.1) is 31.0 Å². The second kappa shape index (κ2) is 10.3. The number of aromatic nitrogens is 1. The number of anilines is 2. The number of urea groups is 1. The van der Waals surface area contributed by atoms with Crippen LogP contribution in [0, 0.1) is 0 Å². The van der Waals surface area contributed by atoms with Crippen molar-refractivity contribution in [3.05, 3.63) is 99.7 Å². The van der Waals surface area contributed by atoms with Gasteiger partial charge in [-0.25, -0.2) is 9.59 Å². The van der Waals surface area contributed by atoms with Gasteiger partial charge in [0.15, 0.2) is 0 Å². The molecule has 0 saturated heterocycles. The highest BCUT2D eigenvalue weighted by atomic mass is 32.1. The molecule has 4 aromatic rings. The molecule has 0 fully saturated rings. The van der Waals surface area contributed by atoms with E-state index in [-0.39, 0.29) is 12.1 Å². The summed E-state index contributed by atoms with van der Waals surface area (Å²) in [6, 6.07) is 19.0. The number of nitrogens with zero attached hydrogens (tertiary/aromatic N) is 3. The van der Waals surface area contributed by atoms with Crippen molar-refractivity contribution in [3.8, 4) is 5.00 Å². The Hall–Kier alpha value is -4.04. The first-order valence-corrected chi connectivity index (χ1v) is 14.1. The molecule has 0 bridgehead atoms. The lowest BCUT2D eigenvalue weighted by atomic mass is 9.95. The Balaban J connectivity index is 1.43. The van der Waals surface area contributed by atoms with Gasteiger partial charge in [-0.05, 0) is 85.3 Å². The average Bonchev–Trinajstić information content (AvgIpc) is 3.55. The summed E-state index contributed by atoms with van der Waals surface area (Å²) in [6.45, 7) is 0.523. The molecule has 1 aliphatic carbocycles. The zero-order chi connectivity index (χ0) is 27.1. The normalized spacial score (nSPS) is 16.0. The molecule has 2 amide bonds. The summed E-state index contributed by atoms with van der Waals surface area (Å²) in [7, 11) is 5.41. The zero-order valence-corrected chi connectivity index (χ0v) is 23.3. The number of esters is 1. The summed E-state index contributed by atoms with van der Waals surface area (Å²) >= 11 is 1.88. The minimum atomic E-state index is -0.405. The number of ether oxygens (including phenoxy) is 1. The minimum absolute atomic E-state index is 0.182. The molecule has 0 saturated carbocycles. The Kier molecular flexibility index (Phi) is 6.64. The van der Waals surface area contributed by atoms with Crippen LogP contribution in [0.5, 0.6) is 0 Å². The van der Waals surface area contributed by atoms with Crippen LogP contribution >= 0.6 is 11.3 Å². The number of benzene rings is 2. The Bertz CT molecular complexity index is 1520. The maximum absolute atomic E-state index is 14.1. The highest BCUT2D eigenvalue weighted by molar-refractivity contribution is 7.15. The fraction of sp³-hybridized carbons (Fsp3) is 0.290. The second-order valence-electron chi connectivity index (χ2n) is 10.3. The molecule has 3 heterocycles. The number of nitrogens with one attached hydrogen (secondary N) is 1. The quantitative estimate of drug-likeness (QED) is 0.304. The SMILES string of the molecule is COC(=O)c1ccc(NC(=O)N2Cc3c(sc4c3CCCC4)-n3cccc3[C@H]2c2ccc(N(C)C)cc2)cc1. The summed E-state index contributed by atoms with van der Waals surface area (Å²) < 4.78 is 7.10. The van der Waals surface area contributed by atoms with Crippen LogP contribution in [0.1, 0.15) is 56.5 Å². The summed E-state index contributed by atoms with van der Waals surface area (Å²) in [5.74, 6) is -0.405. The fourth-order valence-electron chi connectivity index (χ4n) is 5.69. The first-order valence-electron chi connectivity index (χ1n) is 13.3. The monoisotopic (exact) mass is 540 g/mol. The van der Waals surface area contributed by atoms with Gasteiger partial charge in [-0.15, -0.1) is 11.3 Å². The molecule has 2 aromatic carbocycles. The molecular weight excluding hydrogens is 508 g/mol. The number of rotatable bonds is 4. The zero-order valence-electron chi connectivity index (χ0n) is 22.4. The van der Waals surface area contributed by atoms with Crippen LogP contribution in [-0.4, -0.2) is 42.7 Å². The van der Waals surface area contributed by atoms with E-state index >= 15 is 0 Å². The Morgan fingerprint density at radius 2 is 1.72 bits per heavy atom. The molecular formula is C31H32N4O3S. The molecule has 2 aromatic heterocycles. The highest BCUT2D eigenvalue weighted by Crippen LogP contribution is 2.44. The van der Waals surface area contributed by atoms with Gasteiger partial charge < -0.3 is 24.4 Å². The standard InChI is InChI=1S/C31H32N4O3S/c1-33(2)23-16-12-20(13-17-23)28-26-8-6-18-34(26)29-25(24-7-4-5-9-27(24)39-29)19-35(28)31(37)32-22-14-10-21(11-15-22)30(36)38-3/h6,8,10-18,28H,4-5,7,9,19H2,1-3H3,(H,32,37)/t28-/m1/s1. The number of carbonyl (C=O) groups excluding carboxylic acids is 2. The van der Waals surface area contributed by atoms with E-state index in [0.717, 1.165) is 29.8 Å². The van der Waals surface area contributed by atoms with Crippen LogP contribution in [0.3, 0.4) is 0 Å². The van der Waals surface area contributed by atoms with Crippen molar-refractivity contribution in [1.82, 2.24) is 9.47 Å². The van der Waals surface area contributed by atoms with Crippen LogP contribution in [0.15, 0.2) is 66.9 Å². The van der Waals surface area contributed by atoms with Gasteiger partial charge in [0.25, 0.3) is 0 Å². The van der Waals surface area contributed by atoms with Crippen molar-refractivity contribution in [3.63, 3.8) is 0 Å². The lowest BCUT2D eigenvalue weighted by molar-refractivity contribution is 0.0600. The third-order valence-electron chi connectivity index (χ3n) is 7.72. The van der Waals surface area contributed by atoms with Crippen LogP contribution in [0.4, 0.5) is 16.2 Å². The van der Waals surface area contributed by atoms with Crippen molar-refractivity contribution in [2.45, 2.75) is 38.3 Å². The van der Waals surface area contributed by atoms with E-state index in [1.807, 2.05) is 30.3 Å².